The van der Waals surface area contributed by atoms with Gasteiger partial charge in [0, 0.05) is 25.2 Å². The van der Waals surface area contributed by atoms with Gasteiger partial charge in [-0.15, -0.1) is 0 Å². The van der Waals surface area contributed by atoms with Crippen LogP contribution < -0.4 is 10.5 Å². The monoisotopic (exact) mass is 222 g/mol. The Kier molecular flexibility index (Phi) is 5.90. The Bertz CT molecular complexity index is 296. The third-order valence-corrected chi connectivity index (χ3v) is 2.57. The van der Waals surface area contributed by atoms with Gasteiger partial charge in [-0.2, -0.15) is 0 Å². The highest BCUT2D eigenvalue weighted by atomic mass is 16.5. The summed E-state index contributed by atoms with van der Waals surface area (Å²) in [4.78, 5) is 2.36. The third kappa shape index (κ3) is 3.83. The first-order valence-corrected chi connectivity index (χ1v) is 5.86. The number of nitrogens with two attached hydrogens (primary N) is 1. The van der Waals surface area contributed by atoms with Crippen LogP contribution in [-0.4, -0.2) is 31.6 Å². The zero-order valence-electron chi connectivity index (χ0n) is 10.3. The molecule has 0 amide bonds. The quantitative estimate of drug-likeness (QED) is 0.765. The molecular formula is C13H22N2O. The lowest BCUT2D eigenvalue weighted by molar-refractivity contribution is 0.268. The van der Waals surface area contributed by atoms with Crippen molar-refractivity contribution in [3.05, 3.63) is 29.8 Å². The van der Waals surface area contributed by atoms with Gasteiger partial charge in [0.1, 0.15) is 5.75 Å². The van der Waals surface area contributed by atoms with Crippen molar-refractivity contribution in [2.75, 3.05) is 26.7 Å². The average molecular weight is 222 g/mol. The molecule has 0 fully saturated rings. The van der Waals surface area contributed by atoms with E-state index >= 15 is 0 Å². The van der Waals surface area contributed by atoms with E-state index in [0.29, 0.717) is 6.54 Å². The highest BCUT2D eigenvalue weighted by Gasteiger charge is 2.07. The third-order valence-electron chi connectivity index (χ3n) is 2.57. The van der Waals surface area contributed by atoms with Crippen molar-refractivity contribution in [2.24, 2.45) is 5.73 Å². The Morgan fingerprint density at radius 3 is 2.62 bits per heavy atom. The van der Waals surface area contributed by atoms with E-state index in [9.17, 15) is 0 Å². The number of methoxy groups -OCH3 is 1. The number of nitrogens with zero attached hydrogens (tertiary/aromatic N) is 1. The first-order chi connectivity index (χ1) is 7.81. The molecule has 90 valence electrons. The molecular weight excluding hydrogens is 200 g/mol. The second-order valence-corrected chi connectivity index (χ2v) is 3.88. The van der Waals surface area contributed by atoms with Crippen molar-refractivity contribution in [3.63, 3.8) is 0 Å². The van der Waals surface area contributed by atoms with Gasteiger partial charge in [-0.1, -0.05) is 25.1 Å². The van der Waals surface area contributed by atoms with Crippen LogP contribution in [0.4, 0.5) is 0 Å². The Balaban J connectivity index is 2.67. The minimum Gasteiger partial charge on any atom is -0.496 e. The highest BCUT2D eigenvalue weighted by molar-refractivity contribution is 5.33. The molecule has 0 radical (unpaired) electrons. The van der Waals surface area contributed by atoms with E-state index in [0.717, 1.165) is 31.8 Å². The van der Waals surface area contributed by atoms with E-state index in [2.05, 4.69) is 17.9 Å². The zero-order valence-corrected chi connectivity index (χ0v) is 10.3. The topological polar surface area (TPSA) is 38.5 Å². The van der Waals surface area contributed by atoms with Gasteiger partial charge >= 0.3 is 0 Å². The summed E-state index contributed by atoms with van der Waals surface area (Å²) in [6, 6.07) is 8.15. The van der Waals surface area contributed by atoms with Crippen molar-refractivity contribution in [1.82, 2.24) is 4.90 Å². The molecule has 0 atom stereocenters. The van der Waals surface area contributed by atoms with Gasteiger partial charge in [-0.05, 0) is 19.0 Å². The van der Waals surface area contributed by atoms with Crippen molar-refractivity contribution < 1.29 is 4.74 Å². The predicted octanol–water partition coefficient (Wildman–Crippen LogP) is 1.87. The Labute approximate surface area is 98.2 Å². The number of para-hydroxylation sites is 1. The number of benzene rings is 1. The molecule has 0 heterocycles. The molecule has 0 unspecified atom stereocenters. The molecule has 0 aliphatic heterocycles. The molecule has 0 bridgehead atoms. The second kappa shape index (κ2) is 7.25. The molecule has 16 heavy (non-hydrogen) atoms. The summed E-state index contributed by atoms with van der Waals surface area (Å²) in [6.45, 7) is 5.82. The number of rotatable bonds is 7. The molecule has 2 N–H and O–H groups in total. The lowest BCUT2D eigenvalue weighted by atomic mass is 10.2. The fraction of sp³-hybridized carbons (Fsp3) is 0.538. The molecule has 0 saturated heterocycles. The predicted molar refractivity (Wildman–Crippen MR) is 67.6 cm³/mol. The van der Waals surface area contributed by atoms with E-state index in [1.807, 2.05) is 18.2 Å². The van der Waals surface area contributed by atoms with Crippen LogP contribution in [-0.2, 0) is 6.54 Å². The SMILES string of the molecule is CCCN(CCN)Cc1ccccc1OC. The van der Waals surface area contributed by atoms with E-state index in [4.69, 9.17) is 10.5 Å². The van der Waals surface area contributed by atoms with Gasteiger partial charge in [0.2, 0.25) is 0 Å². The van der Waals surface area contributed by atoms with Crippen LogP contribution in [0.15, 0.2) is 24.3 Å². The van der Waals surface area contributed by atoms with Crippen LogP contribution in [0.1, 0.15) is 18.9 Å². The fourth-order valence-electron chi connectivity index (χ4n) is 1.84. The molecule has 1 aromatic carbocycles. The lowest BCUT2D eigenvalue weighted by Crippen LogP contribution is -2.29. The molecule has 0 saturated carbocycles. The summed E-state index contributed by atoms with van der Waals surface area (Å²) in [5.41, 5.74) is 6.84. The Morgan fingerprint density at radius 1 is 1.25 bits per heavy atom. The zero-order chi connectivity index (χ0) is 11.8. The average Bonchev–Trinajstić information content (AvgIpc) is 2.30. The summed E-state index contributed by atoms with van der Waals surface area (Å²) in [6.07, 6.45) is 1.15. The smallest absolute Gasteiger partial charge is 0.123 e. The molecule has 1 rings (SSSR count). The van der Waals surface area contributed by atoms with Crippen LogP contribution in [0.2, 0.25) is 0 Å². The van der Waals surface area contributed by atoms with Crippen LogP contribution in [0.5, 0.6) is 5.75 Å². The van der Waals surface area contributed by atoms with E-state index in [1.165, 1.54) is 5.56 Å². The fourth-order valence-corrected chi connectivity index (χ4v) is 1.84. The normalized spacial score (nSPS) is 10.8. The first kappa shape index (κ1) is 13.0. The van der Waals surface area contributed by atoms with Gasteiger partial charge in [0.15, 0.2) is 0 Å². The number of hydrogen-bond donors (Lipinski definition) is 1. The largest absolute Gasteiger partial charge is 0.496 e. The molecule has 0 aromatic heterocycles. The van der Waals surface area contributed by atoms with Crippen LogP contribution in [0, 0.1) is 0 Å². The minimum atomic E-state index is 0.704. The van der Waals surface area contributed by atoms with Crippen LogP contribution in [0.25, 0.3) is 0 Å². The maximum atomic E-state index is 5.61. The maximum Gasteiger partial charge on any atom is 0.123 e. The van der Waals surface area contributed by atoms with Crippen LogP contribution in [0.3, 0.4) is 0 Å². The minimum absolute atomic E-state index is 0.704. The molecule has 3 nitrogen and oxygen atoms in total. The van der Waals surface area contributed by atoms with E-state index in [-0.39, 0.29) is 0 Å². The van der Waals surface area contributed by atoms with E-state index in [1.54, 1.807) is 7.11 Å². The van der Waals surface area contributed by atoms with Gasteiger partial charge in [0.25, 0.3) is 0 Å². The Morgan fingerprint density at radius 2 is 2.00 bits per heavy atom. The van der Waals surface area contributed by atoms with Crippen molar-refractivity contribution in [3.8, 4) is 5.75 Å². The standard InChI is InChI=1S/C13H22N2O/c1-3-9-15(10-8-14)11-12-6-4-5-7-13(12)16-2/h4-7H,3,8-11,14H2,1-2H3. The Hall–Kier alpha value is -1.06. The molecule has 3 heteroatoms. The highest BCUT2D eigenvalue weighted by Crippen LogP contribution is 2.19. The van der Waals surface area contributed by atoms with Gasteiger partial charge < -0.3 is 10.5 Å². The molecule has 0 aliphatic carbocycles. The van der Waals surface area contributed by atoms with Crippen molar-refractivity contribution in [1.29, 1.82) is 0 Å². The molecule has 0 aliphatic rings. The summed E-state index contributed by atoms with van der Waals surface area (Å²) in [7, 11) is 1.71. The summed E-state index contributed by atoms with van der Waals surface area (Å²) >= 11 is 0. The van der Waals surface area contributed by atoms with E-state index < -0.39 is 0 Å². The maximum absolute atomic E-state index is 5.61. The first-order valence-electron chi connectivity index (χ1n) is 5.86. The van der Waals surface area contributed by atoms with Crippen molar-refractivity contribution in [2.45, 2.75) is 19.9 Å². The number of ether oxygens (including phenoxy) is 1. The number of hydrogen-bond acceptors (Lipinski definition) is 3. The lowest BCUT2D eigenvalue weighted by Gasteiger charge is -2.21. The van der Waals surface area contributed by atoms with Crippen molar-refractivity contribution >= 4 is 0 Å². The molecule has 0 spiro atoms. The molecule has 1 aromatic rings. The van der Waals surface area contributed by atoms with Gasteiger partial charge in [0.05, 0.1) is 7.11 Å². The second-order valence-electron chi connectivity index (χ2n) is 3.88. The summed E-state index contributed by atoms with van der Waals surface area (Å²) in [5.74, 6) is 0.959. The summed E-state index contributed by atoms with van der Waals surface area (Å²) < 4.78 is 5.34. The van der Waals surface area contributed by atoms with Gasteiger partial charge in [-0.3, -0.25) is 4.90 Å². The van der Waals surface area contributed by atoms with Crippen LogP contribution >= 0.6 is 0 Å². The van der Waals surface area contributed by atoms with Gasteiger partial charge in [-0.25, -0.2) is 0 Å². The summed E-state index contributed by atoms with van der Waals surface area (Å²) in [5, 5.41) is 0.